The van der Waals surface area contributed by atoms with Gasteiger partial charge in [0, 0.05) is 11.4 Å². The van der Waals surface area contributed by atoms with E-state index in [4.69, 9.17) is 0 Å². The van der Waals surface area contributed by atoms with Crippen LogP contribution in [-0.4, -0.2) is 21.4 Å². The number of nitrogens with one attached hydrogen (secondary N) is 1. The van der Waals surface area contributed by atoms with E-state index in [-0.39, 0.29) is 16.5 Å². The molecule has 2 aromatic rings. The maximum absolute atomic E-state index is 13.1. The van der Waals surface area contributed by atoms with Crippen LogP contribution in [0, 0.1) is 15.9 Å². The van der Waals surface area contributed by atoms with Crippen molar-refractivity contribution < 1.29 is 9.31 Å². The highest BCUT2D eigenvalue weighted by Crippen LogP contribution is 2.36. The number of hydrogen-bond donors (Lipinski definition) is 1. The van der Waals surface area contributed by atoms with Gasteiger partial charge in [0.2, 0.25) is 5.82 Å². The van der Waals surface area contributed by atoms with Crippen LogP contribution in [0.4, 0.5) is 15.9 Å². The Kier molecular flexibility index (Phi) is 4.46. The quantitative estimate of drug-likeness (QED) is 0.518. The van der Waals surface area contributed by atoms with Gasteiger partial charge in [0.25, 0.3) is 0 Å². The summed E-state index contributed by atoms with van der Waals surface area (Å²) in [7, 11) is 0. The van der Waals surface area contributed by atoms with Crippen molar-refractivity contribution in [1.82, 2.24) is 9.97 Å². The minimum absolute atomic E-state index is 0.159. The molecule has 0 bridgehead atoms. The minimum atomic E-state index is -0.542. The Morgan fingerprint density at radius 1 is 1.45 bits per heavy atom. The van der Waals surface area contributed by atoms with E-state index in [0.717, 1.165) is 11.8 Å². The van der Waals surface area contributed by atoms with Gasteiger partial charge in [-0.25, -0.2) is 14.4 Å². The highest BCUT2D eigenvalue weighted by Gasteiger charge is 2.23. The van der Waals surface area contributed by atoms with Crippen LogP contribution in [0.3, 0.4) is 0 Å². The molecule has 0 aliphatic heterocycles. The third kappa shape index (κ3) is 3.21. The topological polar surface area (TPSA) is 81.0 Å². The van der Waals surface area contributed by atoms with Crippen LogP contribution in [0.25, 0.3) is 0 Å². The van der Waals surface area contributed by atoms with Crippen molar-refractivity contribution in [2.75, 3.05) is 11.9 Å². The molecule has 0 saturated carbocycles. The second-order valence-electron chi connectivity index (χ2n) is 3.72. The second kappa shape index (κ2) is 6.29. The van der Waals surface area contributed by atoms with Crippen molar-refractivity contribution in [2.45, 2.75) is 16.8 Å². The summed E-state index contributed by atoms with van der Waals surface area (Å²) < 4.78 is 13.1. The first kappa shape index (κ1) is 14.2. The van der Waals surface area contributed by atoms with E-state index < -0.39 is 10.7 Å². The summed E-state index contributed by atoms with van der Waals surface area (Å²) in [4.78, 5) is 18.9. The van der Waals surface area contributed by atoms with Crippen LogP contribution >= 0.6 is 11.8 Å². The number of benzene rings is 1. The predicted octanol–water partition coefficient (Wildman–Crippen LogP) is 3.11. The van der Waals surface area contributed by atoms with E-state index >= 15 is 0 Å². The van der Waals surface area contributed by atoms with Crippen molar-refractivity contribution in [3.8, 4) is 0 Å². The highest BCUT2D eigenvalue weighted by molar-refractivity contribution is 7.99. The van der Waals surface area contributed by atoms with Crippen molar-refractivity contribution in [3.63, 3.8) is 0 Å². The van der Waals surface area contributed by atoms with Crippen molar-refractivity contribution >= 4 is 23.3 Å². The zero-order chi connectivity index (χ0) is 14.5. The van der Waals surface area contributed by atoms with Gasteiger partial charge in [-0.2, -0.15) is 0 Å². The molecule has 1 N–H and O–H groups in total. The molecule has 0 radical (unpaired) electrons. The molecule has 20 heavy (non-hydrogen) atoms. The first-order chi connectivity index (χ1) is 9.61. The molecule has 2 rings (SSSR count). The van der Waals surface area contributed by atoms with E-state index in [9.17, 15) is 14.5 Å². The molecule has 6 nitrogen and oxygen atoms in total. The number of hydrogen-bond acceptors (Lipinski definition) is 6. The van der Waals surface area contributed by atoms with Gasteiger partial charge in [-0.05, 0) is 25.1 Å². The predicted molar refractivity (Wildman–Crippen MR) is 73.4 cm³/mol. The van der Waals surface area contributed by atoms with E-state index in [1.807, 2.05) is 6.92 Å². The van der Waals surface area contributed by atoms with E-state index in [1.165, 1.54) is 24.5 Å². The zero-order valence-electron chi connectivity index (χ0n) is 10.5. The minimum Gasteiger partial charge on any atom is -0.364 e. The van der Waals surface area contributed by atoms with Gasteiger partial charge in [-0.15, -0.1) is 0 Å². The summed E-state index contributed by atoms with van der Waals surface area (Å²) in [6.45, 7) is 2.31. The Balaban J connectivity index is 2.40. The molecule has 0 amide bonds. The van der Waals surface area contributed by atoms with Crippen molar-refractivity contribution in [3.05, 3.63) is 46.5 Å². The number of halogens is 1. The molecule has 0 atom stereocenters. The van der Waals surface area contributed by atoms with Crippen LogP contribution in [-0.2, 0) is 0 Å². The van der Waals surface area contributed by atoms with E-state index in [0.29, 0.717) is 11.4 Å². The molecular formula is C12H11FN4O2S. The van der Waals surface area contributed by atoms with Gasteiger partial charge >= 0.3 is 5.69 Å². The van der Waals surface area contributed by atoms with Crippen LogP contribution in [0.5, 0.6) is 0 Å². The average Bonchev–Trinajstić information content (AvgIpc) is 2.39. The number of aromatic nitrogens is 2. The van der Waals surface area contributed by atoms with Crippen molar-refractivity contribution in [2.24, 2.45) is 0 Å². The molecule has 0 saturated heterocycles. The molecule has 0 aliphatic rings. The molecule has 0 aliphatic carbocycles. The molecule has 1 aromatic carbocycles. The largest absolute Gasteiger partial charge is 0.364 e. The Morgan fingerprint density at radius 3 is 2.90 bits per heavy atom. The third-order valence-electron chi connectivity index (χ3n) is 2.33. The fraction of sp³-hybridized carbons (Fsp3) is 0.167. The van der Waals surface area contributed by atoms with Gasteiger partial charge in [0.05, 0.1) is 4.92 Å². The zero-order valence-corrected chi connectivity index (χ0v) is 11.4. The number of anilines is 1. The van der Waals surface area contributed by atoms with Gasteiger partial charge in [0.1, 0.15) is 12.1 Å². The van der Waals surface area contributed by atoms with Gasteiger partial charge in [-0.1, -0.05) is 17.8 Å². The van der Waals surface area contributed by atoms with Crippen LogP contribution in [0.15, 0.2) is 40.5 Å². The SMILES string of the molecule is CCNc1ncnc(Sc2cccc(F)c2)c1[N+](=O)[O-]. The molecule has 0 unspecified atom stereocenters. The first-order valence-corrected chi connectivity index (χ1v) is 6.60. The Morgan fingerprint density at radius 2 is 2.25 bits per heavy atom. The summed E-state index contributed by atoms with van der Waals surface area (Å²) in [6.07, 6.45) is 1.24. The van der Waals surface area contributed by atoms with Crippen LogP contribution < -0.4 is 5.32 Å². The summed E-state index contributed by atoms with van der Waals surface area (Å²) in [5.41, 5.74) is -0.205. The molecule has 1 aromatic heterocycles. The third-order valence-corrected chi connectivity index (χ3v) is 3.31. The Bertz CT molecular complexity index is 639. The summed E-state index contributed by atoms with van der Waals surface area (Å²) in [6, 6.07) is 5.80. The lowest BCUT2D eigenvalue weighted by molar-refractivity contribution is -0.387. The number of nitrogens with zero attached hydrogens (tertiary/aromatic N) is 3. The number of nitro groups is 1. The van der Waals surface area contributed by atoms with Gasteiger partial charge in [0.15, 0.2) is 5.03 Å². The maximum atomic E-state index is 13.1. The standard InChI is InChI=1S/C12H11FN4O2S/c1-2-14-11-10(17(18)19)12(16-7-15-11)20-9-5-3-4-8(13)6-9/h3-7H,2H2,1H3,(H,14,15,16). The summed E-state index contributed by atoms with van der Waals surface area (Å²) >= 11 is 1.02. The van der Waals surface area contributed by atoms with E-state index in [1.54, 1.807) is 6.07 Å². The summed E-state index contributed by atoms with van der Waals surface area (Å²) in [5.74, 6) is -0.245. The smallest absolute Gasteiger partial charge is 0.343 e. The van der Waals surface area contributed by atoms with Gasteiger partial charge < -0.3 is 5.32 Å². The molecule has 8 heteroatoms. The van der Waals surface area contributed by atoms with Crippen LogP contribution in [0.2, 0.25) is 0 Å². The Labute approximate surface area is 118 Å². The molecule has 1 heterocycles. The lowest BCUT2D eigenvalue weighted by Crippen LogP contribution is -2.05. The lowest BCUT2D eigenvalue weighted by atomic mass is 10.4. The molecule has 0 spiro atoms. The average molecular weight is 294 g/mol. The van der Waals surface area contributed by atoms with Gasteiger partial charge in [-0.3, -0.25) is 10.1 Å². The number of rotatable bonds is 5. The Hall–Kier alpha value is -2.22. The fourth-order valence-electron chi connectivity index (χ4n) is 1.54. The monoisotopic (exact) mass is 294 g/mol. The fourth-order valence-corrected chi connectivity index (χ4v) is 2.45. The van der Waals surface area contributed by atoms with Crippen LogP contribution in [0.1, 0.15) is 6.92 Å². The van der Waals surface area contributed by atoms with E-state index in [2.05, 4.69) is 15.3 Å². The first-order valence-electron chi connectivity index (χ1n) is 5.78. The summed E-state index contributed by atoms with van der Waals surface area (Å²) in [5, 5.41) is 14.2. The normalized spacial score (nSPS) is 10.3. The maximum Gasteiger partial charge on any atom is 0.343 e. The molecular weight excluding hydrogens is 283 g/mol. The lowest BCUT2D eigenvalue weighted by Gasteiger charge is -2.06. The second-order valence-corrected chi connectivity index (χ2v) is 4.79. The van der Waals surface area contributed by atoms with Crippen molar-refractivity contribution in [1.29, 1.82) is 0 Å². The molecule has 104 valence electrons. The molecule has 0 fully saturated rings. The highest BCUT2D eigenvalue weighted by atomic mass is 32.2.